The Bertz CT molecular complexity index is 2110. The number of carbonyl (C=O) groups is 1. The molecule has 3 heterocycles. The Morgan fingerprint density at radius 3 is 2.58 bits per heavy atom. The Kier molecular flexibility index (Phi) is 7.21. The number of aromatic nitrogens is 4. The fraction of sp³-hybridized carbons (Fsp3) is 0.226. The molecule has 0 bridgehead atoms. The van der Waals surface area contributed by atoms with Crippen LogP contribution in [-0.4, -0.2) is 40.5 Å². The number of hydrogen-bond donors (Lipinski definition) is 3. The van der Waals surface area contributed by atoms with Gasteiger partial charge in [0.2, 0.25) is 0 Å². The lowest BCUT2D eigenvalue weighted by molar-refractivity contribution is 0.0941. The normalized spacial score (nSPS) is 13.8. The van der Waals surface area contributed by atoms with Gasteiger partial charge in [0.1, 0.15) is 5.56 Å². The summed E-state index contributed by atoms with van der Waals surface area (Å²) >= 11 is 0. The van der Waals surface area contributed by atoms with Crippen LogP contribution < -0.4 is 20.3 Å². The van der Waals surface area contributed by atoms with Crippen LogP contribution in [0.25, 0.3) is 22.1 Å². The highest BCUT2D eigenvalue weighted by Crippen LogP contribution is 2.35. The van der Waals surface area contributed by atoms with Crippen LogP contribution in [0.3, 0.4) is 0 Å². The molecule has 6 rings (SSSR count). The number of terminal acetylenes is 1. The molecule has 0 unspecified atom stereocenters. The zero-order valence-electron chi connectivity index (χ0n) is 23.6. The number of para-hydroxylation sites is 1. The van der Waals surface area contributed by atoms with Crippen LogP contribution in [0.4, 0.5) is 5.82 Å². The first-order valence-corrected chi connectivity index (χ1v) is 15.3. The van der Waals surface area contributed by atoms with Crippen LogP contribution in [-0.2, 0) is 23.1 Å². The SMILES string of the molecule is C#Cc1ccc2c3c(c([C@@H](C)NC(=O)c4c(NS(=O)(=O)NC)nn5cccnc45)n(-c4ccccc4)c(=O)c13)CCCC2. The number of pyridine rings is 1. The third kappa shape index (κ3) is 4.92. The van der Waals surface area contributed by atoms with Crippen LogP contribution in [0.15, 0.2) is 65.7 Å². The molecule has 2 aromatic carbocycles. The van der Waals surface area contributed by atoms with Gasteiger partial charge in [0, 0.05) is 30.7 Å². The summed E-state index contributed by atoms with van der Waals surface area (Å²) in [7, 11) is -2.75. The molecule has 1 aliphatic rings. The lowest BCUT2D eigenvalue weighted by atomic mass is 9.92. The second kappa shape index (κ2) is 11.0. The zero-order chi connectivity index (χ0) is 30.3. The fourth-order valence-corrected chi connectivity index (χ4v) is 6.37. The van der Waals surface area contributed by atoms with Gasteiger partial charge in [-0.1, -0.05) is 30.2 Å². The number of benzene rings is 2. The monoisotopic (exact) mass is 595 g/mol. The minimum absolute atomic E-state index is 0.0538. The van der Waals surface area contributed by atoms with Crippen molar-refractivity contribution >= 4 is 38.4 Å². The van der Waals surface area contributed by atoms with Gasteiger partial charge in [-0.25, -0.2) is 14.2 Å². The van der Waals surface area contributed by atoms with Gasteiger partial charge in [0.05, 0.1) is 17.1 Å². The van der Waals surface area contributed by atoms with Crippen molar-refractivity contribution < 1.29 is 13.2 Å². The molecule has 5 aromatic rings. The molecule has 11 nitrogen and oxygen atoms in total. The summed E-state index contributed by atoms with van der Waals surface area (Å²) in [5, 5.41) is 8.61. The van der Waals surface area contributed by atoms with Gasteiger partial charge < -0.3 is 5.32 Å². The zero-order valence-corrected chi connectivity index (χ0v) is 24.4. The van der Waals surface area contributed by atoms with E-state index in [0.717, 1.165) is 35.8 Å². The van der Waals surface area contributed by atoms with E-state index in [-0.39, 0.29) is 22.6 Å². The number of aryl methyl sites for hydroxylation is 2. The minimum Gasteiger partial charge on any atom is -0.344 e. The molecule has 12 heteroatoms. The van der Waals surface area contributed by atoms with Gasteiger partial charge in [0.15, 0.2) is 11.5 Å². The number of anilines is 1. The molecule has 43 heavy (non-hydrogen) atoms. The van der Waals surface area contributed by atoms with Crippen molar-refractivity contribution in [2.45, 2.75) is 38.6 Å². The van der Waals surface area contributed by atoms with E-state index in [1.807, 2.05) is 42.5 Å². The highest BCUT2D eigenvalue weighted by Gasteiger charge is 2.29. The molecule has 3 aromatic heterocycles. The van der Waals surface area contributed by atoms with E-state index in [1.165, 1.54) is 17.8 Å². The van der Waals surface area contributed by atoms with Gasteiger partial charge >= 0.3 is 0 Å². The van der Waals surface area contributed by atoms with Crippen molar-refractivity contribution in [3.05, 3.63) is 99.2 Å². The summed E-state index contributed by atoms with van der Waals surface area (Å²) in [4.78, 5) is 32.6. The van der Waals surface area contributed by atoms with E-state index in [9.17, 15) is 18.0 Å². The number of fused-ring (bicyclic) bond motifs is 1. The highest BCUT2D eigenvalue weighted by molar-refractivity contribution is 7.90. The molecule has 1 amide bonds. The van der Waals surface area contributed by atoms with Crippen LogP contribution >= 0.6 is 0 Å². The predicted molar refractivity (Wildman–Crippen MR) is 165 cm³/mol. The van der Waals surface area contributed by atoms with Gasteiger partial charge in [-0.05, 0) is 73.4 Å². The third-order valence-electron chi connectivity index (χ3n) is 7.73. The summed E-state index contributed by atoms with van der Waals surface area (Å²) in [6, 6.07) is 14.0. The van der Waals surface area contributed by atoms with Gasteiger partial charge in [0.25, 0.3) is 21.7 Å². The fourth-order valence-electron chi connectivity index (χ4n) is 5.87. The summed E-state index contributed by atoms with van der Waals surface area (Å²) in [6.45, 7) is 1.81. The number of nitrogens with one attached hydrogen (secondary N) is 3. The van der Waals surface area contributed by atoms with Crippen LogP contribution in [0.5, 0.6) is 0 Å². The molecular formula is C31H29N7O4S. The molecule has 0 fully saturated rings. The van der Waals surface area contributed by atoms with Crippen LogP contribution in [0.2, 0.25) is 0 Å². The summed E-state index contributed by atoms with van der Waals surface area (Å²) in [6.07, 6.45) is 12.3. The number of carbonyl (C=O) groups excluding carboxylic acids is 1. The minimum atomic E-state index is -3.99. The van der Waals surface area contributed by atoms with Crippen molar-refractivity contribution in [2.24, 2.45) is 0 Å². The molecule has 0 aliphatic heterocycles. The molecule has 218 valence electrons. The molecule has 0 saturated heterocycles. The van der Waals surface area contributed by atoms with E-state index in [4.69, 9.17) is 6.42 Å². The van der Waals surface area contributed by atoms with Gasteiger partial charge in [-0.3, -0.25) is 18.9 Å². The first kappa shape index (κ1) is 28.1. The van der Waals surface area contributed by atoms with E-state index in [0.29, 0.717) is 28.8 Å². The van der Waals surface area contributed by atoms with Gasteiger partial charge in [-0.2, -0.15) is 8.42 Å². The molecule has 0 radical (unpaired) electrons. The largest absolute Gasteiger partial charge is 0.344 e. The summed E-state index contributed by atoms with van der Waals surface area (Å²) in [5.41, 5.74) is 3.65. The molecule has 3 N–H and O–H groups in total. The molecule has 1 aliphatic carbocycles. The standard InChI is InChI=1S/C31H29N7O4S/c1-4-20-15-16-21-11-8-9-14-23-24(21)25(20)31(40)38(22-12-6-5-7-13-22)27(23)19(2)34-30(39)26-28(36-43(41,42)32-3)35-37-18-10-17-33-29(26)37/h1,5-7,10,12-13,15-19,32H,8-9,11,14H2,2-3H3,(H,34,39)(H,35,36)/t19-/m1/s1. The second-order valence-corrected chi connectivity index (χ2v) is 11.9. The highest BCUT2D eigenvalue weighted by atomic mass is 32.2. The van der Waals surface area contributed by atoms with Crippen LogP contribution in [0, 0.1) is 12.3 Å². The Balaban J connectivity index is 1.56. The Morgan fingerprint density at radius 2 is 1.84 bits per heavy atom. The average molecular weight is 596 g/mol. The molecular weight excluding hydrogens is 566 g/mol. The molecule has 0 spiro atoms. The maximum atomic E-state index is 14.4. The van der Waals surface area contributed by atoms with E-state index < -0.39 is 22.2 Å². The Labute approximate surface area is 248 Å². The lowest BCUT2D eigenvalue weighted by Gasteiger charge is -2.25. The predicted octanol–water partition coefficient (Wildman–Crippen LogP) is 3.26. The number of amides is 1. The maximum Gasteiger partial charge on any atom is 0.300 e. The van der Waals surface area contributed by atoms with Gasteiger partial charge in [-0.15, -0.1) is 11.5 Å². The van der Waals surface area contributed by atoms with Crippen molar-refractivity contribution in [1.29, 1.82) is 0 Å². The van der Waals surface area contributed by atoms with Crippen molar-refractivity contribution in [2.75, 3.05) is 11.8 Å². The second-order valence-electron chi connectivity index (χ2n) is 10.3. The van der Waals surface area contributed by atoms with Crippen molar-refractivity contribution in [3.63, 3.8) is 0 Å². The maximum absolute atomic E-state index is 14.4. The molecule has 0 saturated carbocycles. The first-order valence-electron chi connectivity index (χ1n) is 13.8. The Hall–Kier alpha value is -4.99. The van der Waals surface area contributed by atoms with Crippen molar-refractivity contribution in [3.8, 4) is 18.0 Å². The van der Waals surface area contributed by atoms with Crippen molar-refractivity contribution in [1.82, 2.24) is 29.2 Å². The summed E-state index contributed by atoms with van der Waals surface area (Å²) < 4.78 is 32.1. The smallest absolute Gasteiger partial charge is 0.300 e. The number of rotatable bonds is 7. The Morgan fingerprint density at radius 1 is 1.07 bits per heavy atom. The van der Waals surface area contributed by atoms with Crippen LogP contribution in [0.1, 0.15) is 58.5 Å². The summed E-state index contributed by atoms with van der Waals surface area (Å²) in [5.74, 6) is 1.90. The van der Waals surface area contributed by atoms with E-state index in [2.05, 4.69) is 30.8 Å². The third-order valence-corrected chi connectivity index (χ3v) is 8.73. The van der Waals surface area contributed by atoms with E-state index in [1.54, 1.807) is 23.8 Å². The quantitative estimate of drug-likeness (QED) is 0.247. The molecule has 1 atom stereocenters. The topological polar surface area (TPSA) is 139 Å². The number of nitrogens with zero attached hydrogens (tertiary/aromatic N) is 4. The number of hydrogen-bond acceptors (Lipinski definition) is 6. The lowest BCUT2D eigenvalue weighted by Crippen LogP contribution is -2.34. The average Bonchev–Trinajstić information content (AvgIpc) is 3.23. The first-order chi connectivity index (χ1) is 20.7. The van der Waals surface area contributed by atoms with E-state index >= 15 is 0 Å².